The predicted octanol–water partition coefficient (Wildman–Crippen LogP) is 8.22. The second kappa shape index (κ2) is 10.2. The summed E-state index contributed by atoms with van der Waals surface area (Å²) in [6.07, 6.45) is 1.92. The molecule has 2 aromatic heterocycles. The summed E-state index contributed by atoms with van der Waals surface area (Å²) in [5.41, 5.74) is 9.43. The van der Waals surface area contributed by atoms with Crippen LogP contribution in [0, 0.1) is 13.8 Å². The maximum Gasteiger partial charge on any atom is 0.164 e. The minimum absolute atomic E-state index is 0.645. The molecule has 2 heterocycles. The van der Waals surface area contributed by atoms with Gasteiger partial charge >= 0.3 is 0 Å². The van der Waals surface area contributed by atoms with Gasteiger partial charge in [-0.2, -0.15) is 0 Å². The van der Waals surface area contributed by atoms with Gasteiger partial charge in [0, 0.05) is 34.0 Å². The van der Waals surface area contributed by atoms with Crippen molar-refractivity contribution in [3.05, 3.63) is 133 Å². The van der Waals surface area contributed by atoms with Crippen LogP contribution < -0.4 is 0 Å². The van der Waals surface area contributed by atoms with E-state index in [-0.39, 0.29) is 0 Å². The van der Waals surface area contributed by atoms with E-state index in [4.69, 9.17) is 19.9 Å². The van der Waals surface area contributed by atoms with Crippen molar-refractivity contribution < 1.29 is 0 Å². The zero-order chi connectivity index (χ0) is 25.9. The number of hydrogen-bond donors (Lipinski definition) is 0. The average Bonchev–Trinajstić information content (AvgIpc) is 2.98. The lowest BCUT2D eigenvalue weighted by molar-refractivity contribution is 1.07. The van der Waals surface area contributed by atoms with E-state index in [9.17, 15) is 0 Å². The molecule has 0 aliphatic carbocycles. The highest BCUT2D eigenvalue weighted by Crippen LogP contribution is 2.28. The minimum Gasteiger partial charge on any atom is -0.256 e. The lowest BCUT2D eigenvalue weighted by Gasteiger charge is -2.10. The van der Waals surface area contributed by atoms with Gasteiger partial charge in [-0.15, -0.1) is 0 Å². The highest BCUT2D eigenvalue weighted by Gasteiger charge is 2.13. The first-order valence-electron chi connectivity index (χ1n) is 12.6. The Kier molecular flexibility index (Phi) is 6.29. The first-order chi connectivity index (χ1) is 18.6. The number of nitrogens with zero attached hydrogens (tertiary/aromatic N) is 4. The summed E-state index contributed by atoms with van der Waals surface area (Å²) >= 11 is 0. The van der Waals surface area contributed by atoms with Crippen LogP contribution in [-0.2, 0) is 0 Å². The SMILES string of the molecule is Cc1cccc(-c2nc(-c3ccc(-c4ccc(-c5ccccc5)cn4)cc3)nc(-c3cccc(C)c3)n2)c1. The van der Waals surface area contributed by atoms with E-state index in [1.165, 1.54) is 0 Å². The molecule has 182 valence electrons. The Morgan fingerprint density at radius 1 is 0.395 bits per heavy atom. The van der Waals surface area contributed by atoms with Gasteiger partial charge in [0.25, 0.3) is 0 Å². The van der Waals surface area contributed by atoms with Crippen molar-refractivity contribution in [1.29, 1.82) is 0 Å². The van der Waals surface area contributed by atoms with E-state index < -0.39 is 0 Å². The molecule has 0 amide bonds. The second-order valence-corrected chi connectivity index (χ2v) is 9.42. The molecule has 4 nitrogen and oxygen atoms in total. The Bertz CT molecular complexity index is 1640. The van der Waals surface area contributed by atoms with Gasteiger partial charge in [0.1, 0.15) is 0 Å². The van der Waals surface area contributed by atoms with E-state index in [1.807, 2.05) is 48.7 Å². The highest BCUT2D eigenvalue weighted by atomic mass is 15.0. The van der Waals surface area contributed by atoms with Gasteiger partial charge in [0.2, 0.25) is 0 Å². The van der Waals surface area contributed by atoms with Crippen molar-refractivity contribution in [2.24, 2.45) is 0 Å². The lowest BCUT2D eigenvalue weighted by Crippen LogP contribution is -2.00. The van der Waals surface area contributed by atoms with Crippen LogP contribution in [0.15, 0.2) is 121 Å². The summed E-state index contributed by atoms with van der Waals surface area (Å²) in [7, 11) is 0. The van der Waals surface area contributed by atoms with Crippen molar-refractivity contribution in [2.45, 2.75) is 13.8 Å². The number of rotatable bonds is 5. The van der Waals surface area contributed by atoms with Crippen LogP contribution in [0.25, 0.3) is 56.5 Å². The molecular weight excluding hydrogens is 464 g/mol. The van der Waals surface area contributed by atoms with Gasteiger partial charge in [0.15, 0.2) is 17.5 Å². The number of hydrogen-bond acceptors (Lipinski definition) is 4. The standard InChI is InChI=1S/C34H26N4/c1-23-8-6-12-28(20-23)33-36-32(37-34(38-33)29-13-7-9-24(2)21-29)27-16-14-26(15-17-27)31-19-18-30(22-35-31)25-10-4-3-5-11-25/h3-22H,1-2H3. The largest absolute Gasteiger partial charge is 0.256 e. The first-order valence-corrected chi connectivity index (χ1v) is 12.6. The zero-order valence-electron chi connectivity index (χ0n) is 21.3. The monoisotopic (exact) mass is 490 g/mol. The molecule has 6 aromatic rings. The normalized spacial score (nSPS) is 10.9. The summed E-state index contributed by atoms with van der Waals surface area (Å²) in [6.45, 7) is 4.15. The molecule has 0 radical (unpaired) electrons. The number of aromatic nitrogens is 4. The van der Waals surface area contributed by atoms with E-state index in [0.29, 0.717) is 17.5 Å². The summed E-state index contributed by atoms with van der Waals surface area (Å²) in [6, 6.07) is 39.2. The number of pyridine rings is 1. The molecule has 0 unspecified atom stereocenters. The fraction of sp³-hybridized carbons (Fsp3) is 0.0588. The zero-order valence-corrected chi connectivity index (χ0v) is 21.3. The Hall–Kier alpha value is -4.96. The summed E-state index contributed by atoms with van der Waals surface area (Å²) in [5, 5.41) is 0. The van der Waals surface area contributed by atoms with Crippen molar-refractivity contribution in [3.8, 4) is 56.5 Å². The molecule has 0 bridgehead atoms. The van der Waals surface area contributed by atoms with Crippen molar-refractivity contribution in [2.75, 3.05) is 0 Å². The number of benzene rings is 4. The Morgan fingerprint density at radius 2 is 0.895 bits per heavy atom. The predicted molar refractivity (Wildman–Crippen MR) is 154 cm³/mol. The molecular formula is C34H26N4. The van der Waals surface area contributed by atoms with Gasteiger partial charge in [-0.25, -0.2) is 15.0 Å². The van der Waals surface area contributed by atoms with E-state index >= 15 is 0 Å². The van der Waals surface area contributed by atoms with Gasteiger partial charge < -0.3 is 0 Å². The maximum atomic E-state index is 4.87. The fourth-order valence-corrected chi connectivity index (χ4v) is 4.49. The Morgan fingerprint density at radius 3 is 1.42 bits per heavy atom. The molecule has 0 saturated carbocycles. The van der Waals surface area contributed by atoms with Crippen molar-refractivity contribution in [1.82, 2.24) is 19.9 Å². The molecule has 38 heavy (non-hydrogen) atoms. The van der Waals surface area contributed by atoms with Crippen LogP contribution in [0.3, 0.4) is 0 Å². The van der Waals surface area contributed by atoms with Gasteiger partial charge in [-0.3, -0.25) is 4.98 Å². The van der Waals surface area contributed by atoms with Crippen LogP contribution in [0.2, 0.25) is 0 Å². The maximum absolute atomic E-state index is 4.87. The van der Waals surface area contributed by atoms with Crippen LogP contribution >= 0.6 is 0 Å². The first kappa shape index (κ1) is 23.4. The van der Waals surface area contributed by atoms with Crippen LogP contribution in [0.4, 0.5) is 0 Å². The van der Waals surface area contributed by atoms with Crippen LogP contribution in [0.1, 0.15) is 11.1 Å². The average molecular weight is 491 g/mol. The third-order valence-electron chi connectivity index (χ3n) is 6.50. The van der Waals surface area contributed by atoms with E-state index in [0.717, 1.165) is 50.2 Å². The van der Waals surface area contributed by atoms with E-state index in [2.05, 4.69) is 86.6 Å². The molecule has 4 heteroatoms. The molecule has 0 fully saturated rings. The van der Waals surface area contributed by atoms with Crippen molar-refractivity contribution >= 4 is 0 Å². The molecule has 0 N–H and O–H groups in total. The molecule has 6 rings (SSSR count). The third-order valence-corrected chi connectivity index (χ3v) is 6.50. The van der Waals surface area contributed by atoms with Crippen LogP contribution in [-0.4, -0.2) is 19.9 Å². The smallest absolute Gasteiger partial charge is 0.164 e. The topological polar surface area (TPSA) is 51.6 Å². The molecule has 4 aromatic carbocycles. The molecule has 0 spiro atoms. The van der Waals surface area contributed by atoms with Gasteiger partial charge in [0.05, 0.1) is 5.69 Å². The highest BCUT2D eigenvalue weighted by molar-refractivity contribution is 5.71. The Labute approximate surface area is 222 Å². The number of aryl methyl sites for hydroxylation is 2. The van der Waals surface area contributed by atoms with E-state index in [1.54, 1.807) is 0 Å². The Balaban J connectivity index is 1.37. The summed E-state index contributed by atoms with van der Waals surface area (Å²) < 4.78 is 0. The lowest BCUT2D eigenvalue weighted by atomic mass is 10.0. The van der Waals surface area contributed by atoms with Gasteiger partial charge in [-0.1, -0.05) is 108 Å². The third kappa shape index (κ3) is 4.97. The second-order valence-electron chi connectivity index (χ2n) is 9.42. The van der Waals surface area contributed by atoms with Gasteiger partial charge in [-0.05, 0) is 37.6 Å². The quantitative estimate of drug-likeness (QED) is 0.244. The summed E-state index contributed by atoms with van der Waals surface area (Å²) in [4.78, 5) is 19.3. The fourth-order valence-electron chi connectivity index (χ4n) is 4.49. The van der Waals surface area contributed by atoms with Crippen LogP contribution in [0.5, 0.6) is 0 Å². The molecule has 0 saturated heterocycles. The molecule has 0 aliphatic heterocycles. The molecule has 0 atom stereocenters. The summed E-state index contributed by atoms with van der Waals surface area (Å²) in [5.74, 6) is 1.97. The van der Waals surface area contributed by atoms with Crippen molar-refractivity contribution in [3.63, 3.8) is 0 Å². The minimum atomic E-state index is 0.645. The molecule has 0 aliphatic rings.